The van der Waals surface area contributed by atoms with Crippen molar-refractivity contribution in [1.29, 1.82) is 0 Å². The molecule has 0 radical (unpaired) electrons. The first-order chi connectivity index (χ1) is 34.7. The van der Waals surface area contributed by atoms with E-state index < -0.39 is 5.41 Å². The van der Waals surface area contributed by atoms with Crippen LogP contribution in [-0.2, 0) is 5.41 Å². The molecule has 0 aliphatic heterocycles. The van der Waals surface area contributed by atoms with Gasteiger partial charge in [0.1, 0.15) is 22.3 Å². The van der Waals surface area contributed by atoms with Gasteiger partial charge in [0.2, 0.25) is 0 Å². The summed E-state index contributed by atoms with van der Waals surface area (Å²) in [7, 11) is 0. The smallest absolute Gasteiger partial charge is 0.136 e. The van der Waals surface area contributed by atoms with Crippen molar-refractivity contribution in [3.63, 3.8) is 0 Å². The highest BCUT2D eigenvalue weighted by Crippen LogP contribution is 2.64. The average molecular weight is 890 g/mol. The molecule has 324 valence electrons. The van der Waals surface area contributed by atoms with E-state index in [-0.39, 0.29) is 0 Å². The summed E-state index contributed by atoms with van der Waals surface area (Å²) < 4.78 is 15.6. The molecule has 0 bridgehead atoms. The first-order valence-corrected chi connectivity index (χ1v) is 24.2. The minimum Gasteiger partial charge on any atom is -0.456 e. The molecular weight excluding hydrogens is 851 g/mol. The number of benzene rings is 11. The van der Waals surface area contributed by atoms with Crippen molar-refractivity contribution >= 4 is 65.7 Å². The van der Waals surface area contributed by atoms with Gasteiger partial charge in [0.15, 0.2) is 0 Å². The second-order valence-corrected chi connectivity index (χ2v) is 19.0. The largest absolute Gasteiger partial charge is 0.456 e. The van der Waals surface area contributed by atoms with Crippen LogP contribution in [0.3, 0.4) is 0 Å². The molecule has 2 aliphatic carbocycles. The number of para-hydroxylation sites is 3. The lowest BCUT2D eigenvalue weighted by Crippen LogP contribution is -2.25. The molecule has 0 N–H and O–H groups in total. The molecule has 3 aromatic heterocycles. The van der Waals surface area contributed by atoms with Crippen molar-refractivity contribution in [2.45, 2.75) is 5.41 Å². The van der Waals surface area contributed by atoms with E-state index in [1.54, 1.807) is 0 Å². The lowest BCUT2D eigenvalue weighted by atomic mass is 9.70. The number of hydrogen-bond acceptors (Lipinski definition) is 2. The predicted molar refractivity (Wildman–Crippen MR) is 288 cm³/mol. The summed E-state index contributed by atoms with van der Waals surface area (Å²) in [6.45, 7) is 0. The molecule has 2 aliphatic rings. The zero-order chi connectivity index (χ0) is 45.7. The van der Waals surface area contributed by atoms with Gasteiger partial charge in [-0.3, -0.25) is 0 Å². The van der Waals surface area contributed by atoms with Gasteiger partial charge in [-0.25, -0.2) is 0 Å². The molecule has 3 heterocycles. The normalized spacial score (nSPS) is 13.3. The molecule has 1 spiro atoms. The summed E-state index contributed by atoms with van der Waals surface area (Å²) in [5.41, 5.74) is 24.0. The summed E-state index contributed by atoms with van der Waals surface area (Å²) >= 11 is 0. The molecule has 0 fully saturated rings. The Morgan fingerprint density at radius 3 is 1.50 bits per heavy atom. The second-order valence-electron chi connectivity index (χ2n) is 19.0. The Kier molecular flexibility index (Phi) is 7.54. The summed E-state index contributed by atoms with van der Waals surface area (Å²) in [6.07, 6.45) is 0. The molecule has 14 aromatic rings. The Morgan fingerprint density at radius 2 is 0.800 bits per heavy atom. The highest BCUT2D eigenvalue weighted by Gasteiger charge is 2.52. The van der Waals surface area contributed by atoms with E-state index in [0.29, 0.717) is 0 Å². The SMILES string of the molecule is c1ccc(-n2c3ccc(-c4cccc5c4-c4ccccc4C54c5ccccc5-c5ccccc54)cc3c3cc(-c4cccc5oc6ccccc6c45)cc(-c4cccc5oc6ccccc6c45)c32)cc1. The highest BCUT2D eigenvalue weighted by molar-refractivity contribution is 6.22. The van der Waals surface area contributed by atoms with Crippen molar-refractivity contribution in [3.8, 4) is 61.3 Å². The van der Waals surface area contributed by atoms with Crippen LogP contribution in [0.4, 0.5) is 0 Å². The summed E-state index contributed by atoms with van der Waals surface area (Å²) in [5.74, 6) is 0. The van der Waals surface area contributed by atoms with Crippen molar-refractivity contribution in [2.75, 3.05) is 0 Å². The van der Waals surface area contributed by atoms with Crippen LogP contribution >= 0.6 is 0 Å². The van der Waals surface area contributed by atoms with Crippen LogP contribution in [0.25, 0.3) is 127 Å². The van der Waals surface area contributed by atoms with Gasteiger partial charge in [-0.15, -0.1) is 0 Å². The average Bonchev–Trinajstić information content (AvgIpc) is 4.23. The van der Waals surface area contributed by atoms with Crippen LogP contribution in [-0.4, -0.2) is 4.57 Å². The third kappa shape index (κ3) is 4.88. The molecule has 0 amide bonds. The topological polar surface area (TPSA) is 31.2 Å². The fourth-order valence-electron chi connectivity index (χ4n) is 12.9. The van der Waals surface area contributed by atoms with Gasteiger partial charge in [0.05, 0.1) is 16.4 Å². The number of nitrogens with zero attached hydrogens (tertiary/aromatic N) is 1. The number of rotatable bonds is 4. The Morgan fingerprint density at radius 1 is 0.300 bits per heavy atom. The van der Waals surface area contributed by atoms with Crippen molar-refractivity contribution in [1.82, 2.24) is 4.57 Å². The fourth-order valence-corrected chi connectivity index (χ4v) is 12.9. The van der Waals surface area contributed by atoms with Crippen LogP contribution < -0.4 is 0 Å². The van der Waals surface area contributed by atoms with E-state index in [4.69, 9.17) is 8.83 Å². The molecule has 70 heavy (non-hydrogen) atoms. The van der Waals surface area contributed by atoms with Gasteiger partial charge < -0.3 is 13.4 Å². The van der Waals surface area contributed by atoms with Crippen molar-refractivity contribution in [3.05, 3.63) is 259 Å². The molecule has 0 atom stereocenters. The minimum absolute atomic E-state index is 0.428. The predicted octanol–water partition coefficient (Wildman–Crippen LogP) is 17.9. The van der Waals surface area contributed by atoms with E-state index in [2.05, 4.69) is 235 Å². The van der Waals surface area contributed by atoms with Crippen molar-refractivity contribution < 1.29 is 8.83 Å². The summed E-state index contributed by atoms with van der Waals surface area (Å²) in [4.78, 5) is 0. The second kappa shape index (κ2) is 13.9. The first kappa shape index (κ1) is 37.9. The standard InChI is InChI=1S/C67H39NO2/c1-2-17-42(18-3-1)68-58-36-35-40(43-24-14-30-57-63(43)48-21-6-11-29-56(48)67(57)54-27-9-4-19-45(54)46-20-5-10-28-55(46)67)37-51(58)53-39-41(44-25-15-33-61-64(44)49-22-7-12-31-59(49)69-61)38-52(66(53)68)47-26-16-34-62-65(47)50-23-8-13-32-60(50)70-62/h1-39H. The van der Waals surface area contributed by atoms with Crippen LogP contribution in [0, 0.1) is 0 Å². The van der Waals surface area contributed by atoms with E-state index in [9.17, 15) is 0 Å². The quantitative estimate of drug-likeness (QED) is 0.176. The molecule has 3 nitrogen and oxygen atoms in total. The van der Waals surface area contributed by atoms with Crippen molar-refractivity contribution in [2.24, 2.45) is 0 Å². The van der Waals surface area contributed by atoms with Gasteiger partial charge in [-0.05, 0) is 133 Å². The van der Waals surface area contributed by atoms with Gasteiger partial charge in [0.25, 0.3) is 0 Å². The number of aromatic nitrogens is 1. The van der Waals surface area contributed by atoms with E-state index in [1.807, 2.05) is 6.07 Å². The van der Waals surface area contributed by atoms with Crippen LogP contribution in [0.5, 0.6) is 0 Å². The van der Waals surface area contributed by atoms with E-state index in [0.717, 1.165) is 82.9 Å². The molecule has 0 saturated heterocycles. The maximum absolute atomic E-state index is 6.59. The zero-order valence-corrected chi connectivity index (χ0v) is 37.8. The summed E-state index contributed by atoms with van der Waals surface area (Å²) in [6, 6.07) is 86.9. The lowest BCUT2D eigenvalue weighted by molar-refractivity contribution is 0.668. The third-order valence-corrected chi connectivity index (χ3v) is 15.6. The zero-order valence-electron chi connectivity index (χ0n) is 37.8. The maximum atomic E-state index is 6.59. The summed E-state index contributed by atoms with van der Waals surface area (Å²) in [5, 5.41) is 6.79. The Hall–Kier alpha value is -9.18. The molecular formula is C67H39NO2. The fraction of sp³-hybridized carbons (Fsp3) is 0.0149. The third-order valence-electron chi connectivity index (χ3n) is 15.6. The van der Waals surface area contributed by atoms with Gasteiger partial charge in [-0.2, -0.15) is 0 Å². The first-order valence-electron chi connectivity index (χ1n) is 24.2. The Bertz CT molecular complexity index is 4500. The molecule has 0 saturated carbocycles. The van der Waals surface area contributed by atoms with Gasteiger partial charge in [0, 0.05) is 43.6 Å². The van der Waals surface area contributed by atoms with E-state index in [1.165, 1.54) is 66.4 Å². The maximum Gasteiger partial charge on any atom is 0.136 e. The van der Waals surface area contributed by atoms with Gasteiger partial charge in [-0.1, -0.05) is 176 Å². The van der Waals surface area contributed by atoms with Crippen LogP contribution in [0.2, 0.25) is 0 Å². The Balaban J connectivity index is 1.03. The monoisotopic (exact) mass is 889 g/mol. The molecule has 3 heteroatoms. The van der Waals surface area contributed by atoms with E-state index >= 15 is 0 Å². The van der Waals surface area contributed by atoms with Crippen LogP contribution in [0.15, 0.2) is 245 Å². The highest BCUT2D eigenvalue weighted by atomic mass is 16.3. The lowest BCUT2D eigenvalue weighted by Gasteiger charge is -2.30. The number of fused-ring (bicyclic) bond motifs is 19. The number of hydrogen-bond donors (Lipinski definition) is 0. The molecule has 0 unspecified atom stereocenters. The number of furan rings is 2. The molecule has 16 rings (SSSR count). The van der Waals surface area contributed by atoms with Gasteiger partial charge >= 0.3 is 0 Å². The molecule has 11 aromatic carbocycles. The van der Waals surface area contributed by atoms with Crippen LogP contribution in [0.1, 0.15) is 22.3 Å². The minimum atomic E-state index is -0.428. The Labute approximate surface area is 402 Å².